The van der Waals surface area contributed by atoms with Gasteiger partial charge in [0.1, 0.15) is 5.65 Å². The van der Waals surface area contributed by atoms with Crippen LogP contribution in [0.3, 0.4) is 0 Å². The molecule has 1 unspecified atom stereocenters. The highest BCUT2D eigenvalue weighted by Gasteiger charge is 2.15. The predicted octanol–water partition coefficient (Wildman–Crippen LogP) is 2.00. The van der Waals surface area contributed by atoms with Crippen LogP contribution in [0.4, 0.5) is 4.39 Å². The Balaban J connectivity index is 1.86. The number of nitrogens with zero attached hydrogens (tertiary/aromatic N) is 1. The van der Waals surface area contributed by atoms with Crippen molar-refractivity contribution in [1.82, 2.24) is 15.3 Å². The van der Waals surface area contributed by atoms with Crippen LogP contribution < -0.4 is 5.32 Å². The van der Waals surface area contributed by atoms with Crippen LogP contribution in [-0.4, -0.2) is 22.6 Å². The van der Waals surface area contributed by atoms with Crippen molar-refractivity contribution >= 4 is 11.0 Å². The summed E-state index contributed by atoms with van der Waals surface area (Å²) in [5.41, 5.74) is 1.78. The molecule has 1 atom stereocenters. The summed E-state index contributed by atoms with van der Waals surface area (Å²) in [6.07, 6.45) is 3.44. The van der Waals surface area contributed by atoms with Gasteiger partial charge in [-0.3, -0.25) is 0 Å². The van der Waals surface area contributed by atoms with Crippen molar-refractivity contribution in [2.24, 2.45) is 0 Å². The van der Waals surface area contributed by atoms with Crippen LogP contribution in [0.5, 0.6) is 0 Å². The first-order chi connectivity index (χ1) is 7.81. The zero-order valence-corrected chi connectivity index (χ0v) is 8.96. The highest BCUT2D eigenvalue weighted by Crippen LogP contribution is 2.17. The smallest absolute Gasteiger partial charge is 0.214 e. The van der Waals surface area contributed by atoms with E-state index in [0.29, 0.717) is 11.7 Å². The van der Waals surface area contributed by atoms with Crippen LogP contribution in [0, 0.1) is 5.95 Å². The van der Waals surface area contributed by atoms with Crippen molar-refractivity contribution in [2.75, 3.05) is 6.54 Å². The predicted molar refractivity (Wildman–Crippen MR) is 60.8 cm³/mol. The summed E-state index contributed by atoms with van der Waals surface area (Å²) in [5, 5.41) is 4.43. The molecule has 84 valence electrons. The lowest BCUT2D eigenvalue weighted by Gasteiger charge is -2.07. The molecule has 16 heavy (non-hydrogen) atoms. The quantitative estimate of drug-likeness (QED) is 0.758. The molecule has 0 aromatic carbocycles. The number of H-pyrrole nitrogens is 1. The van der Waals surface area contributed by atoms with E-state index in [-0.39, 0.29) is 0 Å². The zero-order valence-electron chi connectivity index (χ0n) is 8.96. The monoisotopic (exact) mass is 219 g/mol. The second-order valence-corrected chi connectivity index (χ2v) is 4.36. The van der Waals surface area contributed by atoms with E-state index in [4.69, 9.17) is 0 Å². The molecule has 4 heteroatoms. The topological polar surface area (TPSA) is 40.7 Å². The van der Waals surface area contributed by atoms with Gasteiger partial charge in [0.25, 0.3) is 0 Å². The normalized spacial score (nSPS) is 20.7. The third-order valence-electron chi connectivity index (χ3n) is 3.13. The van der Waals surface area contributed by atoms with Gasteiger partial charge in [0, 0.05) is 23.5 Å². The molecule has 2 N–H and O–H groups in total. The van der Waals surface area contributed by atoms with Crippen molar-refractivity contribution in [1.29, 1.82) is 0 Å². The van der Waals surface area contributed by atoms with Gasteiger partial charge in [0.2, 0.25) is 5.95 Å². The fourth-order valence-corrected chi connectivity index (χ4v) is 2.34. The van der Waals surface area contributed by atoms with Crippen LogP contribution in [-0.2, 0) is 6.42 Å². The Bertz CT molecular complexity index is 500. The van der Waals surface area contributed by atoms with Gasteiger partial charge in [0.15, 0.2) is 0 Å². The molecule has 0 radical (unpaired) electrons. The van der Waals surface area contributed by atoms with Crippen LogP contribution in [0.1, 0.15) is 18.5 Å². The lowest BCUT2D eigenvalue weighted by atomic mass is 10.1. The summed E-state index contributed by atoms with van der Waals surface area (Å²) in [7, 11) is 0. The Morgan fingerprint density at radius 3 is 3.19 bits per heavy atom. The van der Waals surface area contributed by atoms with Crippen molar-refractivity contribution < 1.29 is 4.39 Å². The van der Waals surface area contributed by atoms with Gasteiger partial charge >= 0.3 is 0 Å². The second kappa shape index (κ2) is 3.87. The molecule has 2 aromatic rings. The minimum Gasteiger partial charge on any atom is -0.343 e. The van der Waals surface area contributed by atoms with E-state index < -0.39 is 5.95 Å². The maximum absolute atomic E-state index is 12.9. The largest absolute Gasteiger partial charge is 0.343 e. The molecule has 0 bridgehead atoms. The molecular formula is C12H14FN3. The summed E-state index contributed by atoms with van der Waals surface area (Å²) in [6, 6.07) is 5.77. The SMILES string of the molecule is Fc1ccc2cc(CC3CCCN3)[nH]c2n1. The summed E-state index contributed by atoms with van der Waals surface area (Å²) in [4.78, 5) is 7.00. The molecule has 0 amide bonds. The fourth-order valence-electron chi connectivity index (χ4n) is 2.34. The minimum atomic E-state index is -0.431. The number of fused-ring (bicyclic) bond motifs is 1. The average Bonchev–Trinajstić information content (AvgIpc) is 2.86. The molecule has 3 nitrogen and oxygen atoms in total. The second-order valence-electron chi connectivity index (χ2n) is 4.36. The van der Waals surface area contributed by atoms with E-state index in [0.717, 1.165) is 24.0 Å². The van der Waals surface area contributed by atoms with Gasteiger partial charge in [-0.2, -0.15) is 4.39 Å². The van der Waals surface area contributed by atoms with Gasteiger partial charge in [-0.1, -0.05) is 0 Å². The first-order valence-electron chi connectivity index (χ1n) is 5.69. The van der Waals surface area contributed by atoms with Crippen molar-refractivity contribution in [3.05, 3.63) is 29.8 Å². The molecule has 1 fully saturated rings. The van der Waals surface area contributed by atoms with E-state index in [1.54, 1.807) is 6.07 Å². The Hall–Kier alpha value is -1.42. The standard InChI is InChI=1S/C12H14FN3/c13-11-4-3-8-6-10(15-12(8)16-11)7-9-2-1-5-14-9/h3-4,6,9,14H,1-2,5,7H2,(H,15,16). The number of pyridine rings is 1. The Kier molecular flexibility index (Phi) is 2.36. The number of aromatic amines is 1. The van der Waals surface area contributed by atoms with Crippen molar-refractivity contribution in [2.45, 2.75) is 25.3 Å². The van der Waals surface area contributed by atoms with Crippen LogP contribution in [0.25, 0.3) is 11.0 Å². The molecule has 0 spiro atoms. The third kappa shape index (κ3) is 1.80. The van der Waals surface area contributed by atoms with Gasteiger partial charge in [-0.15, -0.1) is 0 Å². The number of aromatic nitrogens is 2. The van der Waals surface area contributed by atoms with E-state index in [1.165, 1.54) is 18.9 Å². The number of hydrogen-bond acceptors (Lipinski definition) is 2. The maximum atomic E-state index is 12.9. The highest BCUT2D eigenvalue weighted by molar-refractivity contribution is 5.76. The number of halogens is 1. The number of nitrogens with one attached hydrogen (secondary N) is 2. The van der Waals surface area contributed by atoms with Gasteiger partial charge < -0.3 is 10.3 Å². The number of hydrogen-bond donors (Lipinski definition) is 2. The molecule has 2 aromatic heterocycles. The summed E-state index contributed by atoms with van der Waals surface area (Å²) in [6.45, 7) is 1.11. The van der Waals surface area contributed by atoms with E-state index in [9.17, 15) is 4.39 Å². The van der Waals surface area contributed by atoms with E-state index in [2.05, 4.69) is 21.4 Å². The first kappa shape index (κ1) is 9.78. The molecule has 1 aliphatic rings. The summed E-state index contributed by atoms with van der Waals surface area (Å²) >= 11 is 0. The van der Waals surface area contributed by atoms with Crippen LogP contribution in [0.15, 0.2) is 18.2 Å². The van der Waals surface area contributed by atoms with Gasteiger partial charge in [-0.25, -0.2) is 4.98 Å². The molecule has 1 aliphatic heterocycles. The third-order valence-corrected chi connectivity index (χ3v) is 3.13. The van der Waals surface area contributed by atoms with E-state index >= 15 is 0 Å². The van der Waals surface area contributed by atoms with Crippen molar-refractivity contribution in [3.63, 3.8) is 0 Å². The Labute approximate surface area is 93.1 Å². The lowest BCUT2D eigenvalue weighted by Crippen LogP contribution is -2.23. The molecule has 3 rings (SSSR count). The number of rotatable bonds is 2. The first-order valence-corrected chi connectivity index (χ1v) is 5.69. The maximum Gasteiger partial charge on any atom is 0.214 e. The van der Waals surface area contributed by atoms with E-state index in [1.807, 2.05) is 0 Å². The summed E-state index contributed by atoms with van der Waals surface area (Å²) in [5.74, 6) is -0.431. The minimum absolute atomic E-state index is 0.431. The average molecular weight is 219 g/mol. The molecule has 3 heterocycles. The fraction of sp³-hybridized carbons (Fsp3) is 0.417. The van der Waals surface area contributed by atoms with Crippen LogP contribution >= 0.6 is 0 Å². The highest BCUT2D eigenvalue weighted by atomic mass is 19.1. The Morgan fingerprint density at radius 1 is 1.44 bits per heavy atom. The molecule has 0 aliphatic carbocycles. The van der Waals surface area contributed by atoms with Gasteiger partial charge in [-0.05, 0) is 37.6 Å². The van der Waals surface area contributed by atoms with Crippen LogP contribution in [0.2, 0.25) is 0 Å². The Morgan fingerprint density at radius 2 is 2.38 bits per heavy atom. The molecule has 1 saturated heterocycles. The van der Waals surface area contributed by atoms with Crippen molar-refractivity contribution in [3.8, 4) is 0 Å². The van der Waals surface area contributed by atoms with Gasteiger partial charge in [0.05, 0.1) is 0 Å². The molecule has 0 saturated carbocycles. The lowest BCUT2D eigenvalue weighted by molar-refractivity contribution is 0.587. The molecular weight excluding hydrogens is 205 g/mol. The zero-order chi connectivity index (χ0) is 11.0. The summed E-state index contributed by atoms with van der Waals surface area (Å²) < 4.78 is 12.9.